The van der Waals surface area contributed by atoms with E-state index in [-0.39, 0.29) is 0 Å². The molecule has 0 amide bonds. The Kier molecular flexibility index (Phi) is 4.61. The molecule has 0 saturated carbocycles. The monoisotopic (exact) mass is 324 g/mol. The van der Waals surface area contributed by atoms with Crippen molar-refractivity contribution in [3.63, 3.8) is 0 Å². The molecule has 2 rings (SSSR count). The Morgan fingerprint density at radius 2 is 2.26 bits per heavy atom. The molecule has 5 heteroatoms. The Morgan fingerprint density at radius 3 is 2.89 bits per heavy atom. The predicted molar refractivity (Wildman–Crippen MR) is 77.2 cm³/mol. The molecule has 1 aromatic heterocycles. The van der Waals surface area contributed by atoms with Crippen LogP contribution >= 0.6 is 15.9 Å². The van der Waals surface area contributed by atoms with E-state index in [0.29, 0.717) is 6.61 Å². The van der Waals surface area contributed by atoms with Crippen LogP contribution in [0.2, 0.25) is 0 Å². The summed E-state index contributed by atoms with van der Waals surface area (Å²) in [5.41, 5.74) is 0.789. The number of aryl methyl sites for hydroxylation is 1. The Morgan fingerprint density at radius 1 is 1.47 bits per heavy atom. The number of halogens is 1. The fourth-order valence-corrected chi connectivity index (χ4v) is 2.25. The number of hydrogen-bond donors (Lipinski definition) is 1. The van der Waals surface area contributed by atoms with E-state index in [4.69, 9.17) is 4.74 Å². The van der Waals surface area contributed by atoms with Gasteiger partial charge in [-0.3, -0.25) is 0 Å². The van der Waals surface area contributed by atoms with Crippen molar-refractivity contribution in [3.8, 4) is 5.75 Å². The highest BCUT2D eigenvalue weighted by Crippen LogP contribution is 2.28. The zero-order valence-corrected chi connectivity index (χ0v) is 12.6. The van der Waals surface area contributed by atoms with E-state index in [1.54, 1.807) is 13.1 Å². The topological polar surface area (TPSA) is 47.3 Å². The number of hydrogen-bond acceptors (Lipinski definition) is 3. The summed E-state index contributed by atoms with van der Waals surface area (Å²) in [6, 6.07) is 5.65. The van der Waals surface area contributed by atoms with Crippen molar-refractivity contribution in [2.75, 3.05) is 6.61 Å². The van der Waals surface area contributed by atoms with E-state index in [1.165, 1.54) is 0 Å². The number of aromatic nitrogens is 2. The van der Waals surface area contributed by atoms with Gasteiger partial charge in [0.2, 0.25) is 0 Å². The zero-order valence-electron chi connectivity index (χ0n) is 11.0. The lowest BCUT2D eigenvalue weighted by molar-refractivity contribution is 0.190. The summed E-state index contributed by atoms with van der Waals surface area (Å²) in [6.07, 6.45) is 3.15. The van der Waals surface area contributed by atoms with Crippen LogP contribution < -0.4 is 4.74 Å². The largest absolute Gasteiger partial charge is 0.491 e. The zero-order chi connectivity index (χ0) is 13.8. The van der Waals surface area contributed by atoms with Crippen molar-refractivity contribution < 1.29 is 9.84 Å². The molecular weight excluding hydrogens is 308 g/mol. The summed E-state index contributed by atoms with van der Waals surface area (Å²) in [4.78, 5) is 4.16. The summed E-state index contributed by atoms with van der Waals surface area (Å²) < 4.78 is 8.71. The van der Waals surface area contributed by atoms with Gasteiger partial charge in [0, 0.05) is 22.4 Å². The molecule has 0 aliphatic rings. The SMILES string of the molecule is Cc1nccn1CCOc1ccc(Br)cc1C(C)O. The third-order valence-electron chi connectivity index (χ3n) is 2.94. The Balaban J connectivity index is 2.01. The minimum atomic E-state index is -0.553. The van der Waals surface area contributed by atoms with Gasteiger partial charge in [0.1, 0.15) is 18.2 Å². The van der Waals surface area contributed by atoms with Crippen LogP contribution in [0.4, 0.5) is 0 Å². The highest BCUT2D eigenvalue weighted by molar-refractivity contribution is 9.10. The minimum Gasteiger partial charge on any atom is -0.491 e. The summed E-state index contributed by atoms with van der Waals surface area (Å²) in [5, 5.41) is 9.74. The molecule has 1 N–H and O–H groups in total. The van der Waals surface area contributed by atoms with Gasteiger partial charge in [-0.25, -0.2) is 4.98 Å². The summed E-state index contributed by atoms with van der Waals surface area (Å²) >= 11 is 3.39. The van der Waals surface area contributed by atoms with Gasteiger partial charge >= 0.3 is 0 Å². The molecule has 0 spiro atoms. The lowest BCUT2D eigenvalue weighted by atomic mass is 10.1. The molecule has 0 aliphatic heterocycles. The van der Waals surface area contributed by atoms with Crippen LogP contribution in [0.5, 0.6) is 5.75 Å². The van der Waals surface area contributed by atoms with Gasteiger partial charge in [0.05, 0.1) is 12.6 Å². The van der Waals surface area contributed by atoms with Gasteiger partial charge in [-0.05, 0) is 32.0 Å². The number of aliphatic hydroxyl groups is 1. The number of aliphatic hydroxyl groups excluding tert-OH is 1. The van der Waals surface area contributed by atoms with Gasteiger partial charge in [0.25, 0.3) is 0 Å². The molecule has 0 radical (unpaired) electrons. The maximum Gasteiger partial charge on any atom is 0.125 e. The van der Waals surface area contributed by atoms with E-state index < -0.39 is 6.10 Å². The fourth-order valence-electron chi connectivity index (χ4n) is 1.87. The number of imidazole rings is 1. The van der Waals surface area contributed by atoms with Crippen LogP contribution in [0.1, 0.15) is 24.4 Å². The normalized spacial score (nSPS) is 12.4. The maximum atomic E-state index is 9.74. The van der Waals surface area contributed by atoms with Crippen LogP contribution in [0, 0.1) is 6.92 Å². The predicted octanol–water partition coefficient (Wildman–Crippen LogP) is 3.09. The van der Waals surface area contributed by atoms with Crippen molar-refractivity contribution in [1.82, 2.24) is 9.55 Å². The molecule has 1 atom stereocenters. The Labute approximate surface area is 121 Å². The van der Waals surface area contributed by atoms with Crippen molar-refractivity contribution in [2.45, 2.75) is 26.5 Å². The van der Waals surface area contributed by atoms with Crippen molar-refractivity contribution >= 4 is 15.9 Å². The van der Waals surface area contributed by atoms with Crippen LogP contribution in [0.3, 0.4) is 0 Å². The quantitative estimate of drug-likeness (QED) is 0.919. The standard InChI is InChI=1S/C14H17BrN2O2/c1-10(18)13-9-12(15)3-4-14(13)19-8-7-17-6-5-16-11(17)2/h3-6,9-10,18H,7-8H2,1-2H3. The van der Waals surface area contributed by atoms with Crippen molar-refractivity contribution in [2.24, 2.45) is 0 Å². The highest BCUT2D eigenvalue weighted by Gasteiger charge is 2.10. The third-order valence-corrected chi connectivity index (χ3v) is 3.43. The van der Waals surface area contributed by atoms with Crippen LogP contribution in [-0.2, 0) is 6.54 Å². The first kappa shape index (κ1) is 14.1. The molecule has 1 aromatic carbocycles. The first-order valence-corrected chi connectivity index (χ1v) is 6.95. The van der Waals surface area contributed by atoms with Crippen LogP contribution in [0.25, 0.3) is 0 Å². The Bertz CT molecular complexity index is 552. The second-order valence-electron chi connectivity index (χ2n) is 4.37. The molecule has 0 fully saturated rings. The molecule has 0 aliphatic carbocycles. The molecule has 2 aromatic rings. The second-order valence-corrected chi connectivity index (χ2v) is 5.29. The first-order valence-electron chi connectivity index (χ1n) is 6.16. The molecule has 0 saturated heterocycles. The first-order chi connectivity index (χ1) is 9.08. The molecule has 0 bridgehead atoms. The fraction of sp³-hybridized carbons (Fsp3) is 0.357. The van der Waals surface area contributed by atoms with Gasteiger partial charge in [-0.1, -0.05) is 15.9 Å². The average Bonchev–Trinajstić information content (AvgIpc) is 2.77. The second kappa shape index (κ2) is 6.21. The van der Waals surface area contributed by atoms with Gasteiger partial charge < -0.3 is 14.4 Å². The molecular formula is C14H17BrN2O2. The maximum absolute atomic E-state index is 9.74. The summed E-state index contributed by atoms with van der Waals surface area (Å²) in [5.74, 6) is 1.69. The average molecular weight is 325 g/mol. The summed E-state index contributed by atoms with van der Waals surface area (Å²) in [6.45, 7) is 4.97. The van der Waals surface area contributed by atoms with Crippen molar-refractivity contribution in [3.05, 3.63) is 46.5 Å². The number of rotatable bonds is 5. The Hall–Kier alpha value is -1.33. The molecule has 19 heavy (non-hydrogen) atoms. The van der Waals surface area contributed by atoms with E-state index in [0.717, 1.165) is 28.2 Å². The molecule has 4 nitrogen and oxygen atoms in total. The van der Waals surface area contributed by atoms with E-state index in [9.17, 15) is 5.11 Å². The number of nitrogens with zero attached hydrogens (tertiary/aromatic N) is 2. The lowest BCUT2D eigenvalue weighted by Gasteiger charge is -2.14. The van der Waals surface area contributed by atoms with Crippen molar-refractivity contribution in [1.29, 1.82) is 0 Å². The lowest BCUT2D eigenvalue weighted by Crippen LogP contribution is -2.10. The number of benzene rings is 1. The molecule has 1 heterocycles. The van der Waals surface area contributed by atoms with Gasteiger partial charge in [-0.2, -0.15) is 0 Å². The highest BCUT2D eigenvalue weighted by atomic mass is 79.9. The third kappa shape index (κ3) is 3.58. The van der Waals surface area contributed by atoms with E-state index in [1.807, 2.05) is 35.9 Å². The minimum absolute atomic E-state index is 0.540. The van der Waals surface area contributed by atoms with Gasteiger partial charge in [0.15, 0.2) is 0 Å². The van der Waals surface area contributed by atoms with E-state index in [2.05, 4.69) is 20.9 Å². The van der Waals surface area contributed by atoms with Crippen LogP contribution in [-0.4, -0.2) is 21.3 Å². The molecule has 1 unspecified atom stereocenters. The van der Waals surface area contributed by atoms with E-state index >= 15 is 0 Å². The summed E-state index contributed by atoms with van der Waals surface area (Å²) in [7, 11) is 0. The smallest absolute Gasteiger partial charge is 0.125 e. The van der Waals surface area contributed by atoms with Gasteiger partial charge in [-0.15, -0.1) is 0 Å². The number of ether oxygens (including phenoxy) is 1. The molecule has 102 valence electrons. The van der Waals surface area contributed by atoms with Crippen LogP contribution in [0.15, 0.2) is 35.1 Å².